The van der Waals surface area contributed by atoms with Gasteiger partial charge in [-0.15, -0.1) is 0 Å². The fourth-order valence-corrected chi connectivity index (χ4v) is 5.02. The number of anilines is 1. The molecule has 2 aromatic heterocycles. The van der Waals surface area contributed by atoms with Crippen LogP contribution in [0.2, 0.25) is 10.0 Å². The van der Waals surface area contributed by atoms with Crippen molar-refractivity contribution in [3.63, 3.8) is 0 Å². The highest BCUT2D eigenvalue weighted by molar-refractivity contribution is 6.43. The molecule has 30 heavy (non-hydrogen) atoms. The normalized spacial score (nSPS) is 20.4. The van der Waals surface area contributed by atoms with Crippen LogP contribution in [0.4, 0.5) is 10.2 Å². The highest BCUT2D eigenvalue weighted by atomic mass is 35.5. The summed E-state index contributed by atoms with van der Waals surface area (Å²) in [5.74, 6) is 0.812. The van der Waals surface area contributed by atoms with Crippen molar-refractivity contribution in [1.29, 1.82) is 0 Å². The molecule has 2 aliphatic rings. The number of piperidine rings is 1. The van der Waals surface area contributed by atoms with E-state index in [1.54, 1.807) is 12.3 Å². The van der Waals surface area contributed by atoms with E-state index >= 15 is 0 Å². The Bertz CT molecular complexity index is 1030. The summed E-state index contributed by atoms with van der Waals surface area (Å²) in [6, 6.07) is 5.46. The van der Waals surface area contributed by atoms with Crippen LogP contribution < -0.4 is 4.90 Å². The summed E-state index contributed by atoms with van der Waals surface area (Å²) in [6.45, 7) is 5.76. The van der Waals surface area contributed by atoms with Gasteiger partial charge in [0.2, 0.25) is 5.65 Å². The van der Waals surface area contributed by atoms with Gasteiger partial charge in [0.05, 0.1) is 21.9 Å². The molecule has 1 aliphatic carbocycles. The quantitative estimate of drug-likeness (QED) is 0.487. The third kappa shape index (κ3) is 3.87. The maximum Gasteiger partial charge on any atom is 0.202 e. The van der Waals surface area contributed by atoms with Gasteiger partial charge in [-0.3, -0.25) is 5.10 Å². The molecule has 5 rings (SSSR count). The summed E-state index contributed by atoms with van der Waals surface area (Å²) >= 11 is 12.5. The van der Waals surface area contributed by atoms with E-state index in [-0.39, 0.29) is 5.41 Å². The van der Waals surface area contributed by atoms with Crippen molar-refractivity contribution in [2.45, 2.75) is 52.1 Å². The SMILES string of the molecule is CC.FC1CCC2(CCN(c3cnc4c(-c5cccc(Cl)c5Cl)[nH]nc4n3)CC2)C1. The Balaban J connectivity index is 0.00000106. The minimum atomic E-state index is -0.622. The highest BCUT2D eigenvalue weighted by Gasteiger charge is 2.41. The fraction of sp³-hybridized carbons (Fsp3) is 0.500. The standard InChI is InChI=1S/C20H20Cl2FN5.C2H6/c21-14-3-1-2-13(16(14)22)17-18-19(27-26-17)25-15(11-24-18)28-8-6-20(7-9-28)5-4-12(23)10-20;1-2/h1-3,11-12H,4-10H2,(H,25,26,27);1-2H3. The van der Waals surface area contributed by atoms with Crippen LogP contribution >= 0.6 is 23.2 Å². The molecule has 1 aromatic carbocycles. The molecule has 3 heterocycles. The van der Waals surface area contributed by atoms with E-state index in [1.165, 1.54) is 0 Å². The van der Waals surface area contributed by atoms with E-state index in [2.05, 4.69) is 20.1 Å². The number of nitrogens with one attached hydrogen (secondary N) is 1. The molecule has 8 heteroatoms. The first-order chi connectivity index (χ1) is 14.5. The third-order valence-corrected chi connectivity index (χ3v) is 7.08. The summed E-state index contributed by atoms with van der Waals surface area (Å²) < 4.78 is 13.7. The zero-order valence-corrected chi connectivity index (χ0v) is 18.8. The molecule has 3 aromatic rings. The van der Waals surface area contributed by atoms with E-state index in [0.29, 0.717) is 39.7 Å². The molecule has 0 bridgehead atoms. The molecule has 1 aliphatic heterocycles. The lowest BCUT2D eigenvalue weighted by molar-refractivity contribution is 0.203. The molecule has 160 valence electrons. The first-order valence-corrected chi connectivity index (χ1v) is 11.3. The lowest BCUT2D eigenvalue weighted by atomic mass is 9.77. The molecule has 1 unspecified atom stereocenters. The molecule has 1 saturated heterocycles. The van der Waals surface area contributed by atoms with Crippen molar-refractivity contribution >= 4 is 40.2 Å². The maximum absolute atomic E-state index is 13.7. The summed E-state index contributed by atoms with van der Waals surface area (Å²) in [5.41, 5.74) is 2.86. The molecular weight excluding hydrogens is 424 g/mol. The van der Waals surface area contributed by atoms with Gasteiger partial charge in [0.15, 0.2) is 0 Å². The third-order valence-electron chi connectivity index (χ3n) is 6.26. The van der Waals surface area contributed by atoms with Gasteiger partial charge in [0.1, 0.15) is 17.5 Å². The molecule has 0 amide bonds. The lowest BCUT2D eigenvalue weighted by Crippen LogP contribution is -2.39. The van der Waals surface area contributed by atoms with Gasteiger partial charge in [-0.1, -0.05) is 49.2 Å². The Kier molecular flexibility index (Phi) is 6.16. The molecule has 5 nitrogen and oxygen atoms in total. The molecule has 2 fully saturated rings. The van der Waals surface area contributed by atoms with Crippen LogP contribution in [-0.4, -0.2) is 39.4 Å². The van der Waals surface area contributed by atoms with Crippen molar-refractivity contribution < 1.29 is 4.39 Å². The summed E-state index contributed by atoms with van der Waals surface area (Å²) in [4.78, 5) is 11.5. The Labute approximate surface area is 186 Å². The van der Waals surface area contributed by atoms with E-state index in [9.17, 15) is 4.39 Å². The van der Waals surface area contributed by atoms with E-state index in [0.717, 1.165) is 43.7 Å². The van der Waals surface area contributed by atoms with Gasteiger partial charge in [-0.25, -0.2) is 14.4 Å². The van der Waals surface area contributed by atoms with Crippen LogP contribution in [0, 0.1) is 5.41 Å². The smallest absolute Gasteiger partial charge is 0.202 e. The van der Waals surface area contributed by atoms with Gasteiger partial charge in [0.25, 0.3) is 0 Å². The zero-order chi connectivity index (χ0) is 21.3. The average Bonchev–Trinajstić information content (AvgIpc) is 3.35. The Hall–Kier alpha value is -1.92. The van der Waals surface area contributed by atoms with Crippen LogP contribution in [-0.2, 0) is 0 Å². The van der Waals surface area contributed by atoms with E-state index < -0.39 is 6.17 Å². The van der Waals surface area contributed by atoms with Crippen LogP contribution in [0.15, 0.2) is 24.4 Å². The summed E-state index contributed by atoms with van der Waals surface area (Å²) in [5, 5.41) is 8.27. The number of hydrogen-bond donors (Lipinski definition) is 1. The van der Waals surface area contributed by atoms with E-state index in [4.69, 9.17) is 28.2 Å². The maximum atomic E-state index is 13.7. The van der Waals surface area contributed by atoms with Crippen molar-refractivity contribution in [2.24, 2.45) is 5.41 Å². The second-order valence-electron chi connectivity index (χ2n) is 7.93. The predicted molar refractivity (Wildman–Crippen MR) is 121 cm³/mol. The van der Waals surface area contributed by atoms with Crippen molar-refractivity contribution in [2.75, 3.05) is 18.0 Å². The average molecular weight is 450 g/mol. The highest BCUT2D eigenvalue weighted by Crippen LogP contribution is 2.47. The molecular formula is C22H26Cl2FN5. The largest absolute Gasteiger partial charge is 0.355 e. The minimum absolute atomic E-state index is 0.191. The van der Waals surface area contributed by atoms with Crippen molar-refractivity contribution in [3.8, 4) is 11.3 Å². The van der Waals surface area contributed by atoms with E-state index in [1.807, 2.05) is 26.0 Å². The first kappa shape index (κ1) is 21.3. The van der Waals surface area contributed by atoms with Gasteiger partial charge < -0.3 is 4.90 Å². The molecule has 1 spiro atoms. The lowest BCUT2D eigenvalue weighted by Gasteiger charge is -2.39. The number of nitrogens with zero attached hydrogens (tertiary/aromatic N) is 4. The van der Waals surface area contributed by atoms with Crippen molar-refractivity contribution in [1.82, 2.24) is 20.2 Å². The topological polar surface area (TPSA) is 57.7 Å². The molecule has 0 radical (unpaired) electrons. The second-order valence-corrected chi connectivity index (χ2v) is 8.71. The molecule has 1 atom stereocenters. The first-order valence-electron chi connectivity index (χ1n) is 10.6. The van der Waals surface area contributed by atoms with Crippen LogP contribution in [0.5, 0.6) is 0 Å². The van der Waals surface area contributed by atoms with Crippen LogP contribution in [0.1, 0.15) is 46.0 Å². The predicted octanol–water partition coefficient (Wildman–Crippen LogP) is 6.46. The van der Waals surface area contributed by atoms with Crippen molar-refractivity contribution in [3.05, 3.63) is 34.4 Å². The number of benzene rings is 1. The Morgan fingerprint density at radius 1 is 1.17 bits per heavy atom. The fourth-order valence-electron chi connectivity index (χ4n) is 4.62. The number of halogens is 3. The van der Waals surface area contributed by atoms with Gasteiger partial charge in [-0.05, 0) is 43.6 Å². The van der Waals surface area contributed by atoms with Gasteiger partial charge >= 0.3 is 0 Å². The van der Waals surface area contributed by atoms with Gasteiger partial charge in [0, 0.05) is 18.7 Å². The van der Waals surface area contributed by atoms with Crippen LogP contribution in [0.25, 0.3) is 22.4 Å². The molecule has 1 N–H and O–H groups in total. The van der Waals surface area contributed by atoms with Crippen LogP contribution in [0.3, 0.4) is 0 Å². The second kappa shape index (κ2) is 8.67. The minimum Gasteiger partial charge on any atom is -0.355 e. The number of alkyl halides is 1. The summed E-state index contributed by atoms with van der Waals surface area (Å²) in [7, 11) is 0. The Morgan fingerprint density at radius 3 is 2.63 bits per heavy atom. The number of H-pyrrole nitrogens is 1. The number of rotatable bonds is 2. The summed E-state index contributed by atoms with van der Waals surface area (Å²) in [6.07, 6.45) is 5.63. The number of fused-ring (bicyclic) bond motifs is 1. The monoisotopic (exact) mass is 449 g/mol. The number of aromatic nitrogens is 4. The molecule has 1 saturated carbocycles. The number of aromatic amines is 1. The zero-order valence-electron chi connectivity index (χ0n) is 17.3. The van der Waals surface area contributed by atoms with Gasteiger partial charge in [-0.2, -0.15) is 5.10 Å². The Morgan fingerprint density at radius 2 is 1.93 bits per heavy atom. The number of hydrogen-bond acceptors (Lipinski definition) is 4.